The van der Waals surface area contributed by atoms with E-state index in [2.05, 4.69) is 10.3 Å². The summed E-state index contributed by atoms with van der Waals surface area (Å²) in [5.74, 6) is 0.229. The zero-order chi connectivity index (χ0) is 13.8. The second-order valence-corrected chi connectivity index (χ2v) is 4.08. The van der Waals surface area contributed by atoms with Crippen LogP contribution in [0, 0.1) is 6.92 Å². The minimum absolute atomic E-state index is 0.285. The third-order valence-corrected chi connectivity index (χ3v) is 2.59. The first kappa shape index (κ1) is 12.9. The van der Waals surface area contributed by atoms with Gasteiger partial charge in [0.1, 0.15) is 11.4 Å². The number of amides is 1. The largest absolute Gasteiger partial charge is 0.494 e. The van der Waals surface area contributed by atoms with Gasteiger partial charge in [-0.25, -0.2) is 4.98 Å². The van der Waals surface area contributed by atoms with Gasteiger partial charge in [0.25, 0.3) is 5.91 Å². The van der Waals surface area contributed by atoms with Crippen molar-refractivity contribution in [3.63, 3.8) is 0 Å². The van der Waals surface area contributed by atoms with Gasteiger partial charge in [-0.15, -0.1) is 0 Å². The third kappa shape index (κ3) is 3.01. The minimum Gasteiger partial charge on any atom is -0.494 e. The van der Waals surface area contributed by atoms with Crippen LogP contribution < -0.4 is 15.8 Å². The fourth-order valence-corrected chi connectivity index (χ4v) is 1.67. The number of carbonyl (C=O) groups excluding carboxylic acids is 1. The van der Waals surface area contributed by atoms with E-state index in [9.17, 15) is 4.79 Å². The van der Waals surface area contributed by atoms with Gasteiger partial charge >= 0.3 is 0 Å². The number of pyridine rings is 1. The van der Waals surface area contributed by atoms with Gasteiger partial charge < -0.3 is 15.8 Å². The van der Waals surface area contributed by atoms with Gasteiger partial charge in [-0.3, -0.25) is 4.79 Å². The van der Waals surface area contributed by atoms with E-state index < -0.39 is 0 Å². The van der Waals surface area contributed by atoms with Crippen LogP contribution in [0.5, 0.6) is 5.75 Å². The lowest BCUT2D eigenvalue weighted by Gasteiger charge is -2.10. The van der Waals surface area contributed by atoms with Crippen molar-refractivity contribution in [3.8, 4) is 5.75 Å². The van der Waals surface area contributed by atoms with Gasteiger partial charge in [-0.2, -0.15) is 0 Å². The number of methoxy groups -OCH3 is 1. The molecule has 19 heavy (non-hydrogen) atoms. The van der Waals surface area contributed by atoms with Crippen molar-refractivity contribution in [2.75, 3.05) is 18.2 Å². The Morgan fingerprint density at radius 2 is 2.11 bits per heavy atom. The maximum Gasteiger partial charge on any atom is 0.274 e. The van der Waals surface area contributed by atoms with Gasteiger partial charge in [0.15, 0.2) is 0 Å². The highest BCUT2D eigenvalue weighted by Crippen LogP contribution is 2.26. The molecule has 0 fully saturated rings. The number of hydrogen-bond donors (Lipinski definition) is 2. The van der Waals surface area contributed by atoms with Gasteiger partial charge in [-0.05, 0) is 31.2 Å². The fraction of sp³-hybridized carbons (Fsp3) is 0.143. The lowest BCUT2D eigenvalue weighted by Crippen LogP contribution is -2.14. The number of hydrogen-bond acceptors (Lipinski definition) is 4. The lowest BCUT2D eigenvalue weighted by molar-refractivity contribution is 0.102. The number of nitrogens with one attached hydrogen (secondary N) is 1. The Balaban J connectivity index is 2.24. The summed E-state index contributed by atoms with van der Waals surface area (Å²) in [4.78, 5) is 16.2. The normalized spacial score (nSPS) is 10.0. The SMILES string of the molecule is COc1cc(N)ccc1NC(=O)c1cccc(C)n1. The van der Waals surface area contributed by atoms with Gasteiger partial charge in [-0.1, -0.05) is 6.07 Å². The summed E-state index contributed by atoms with van der Waals surface area (Å²) in [7, 11) is 1.52. The van der Waals surface area contributed by atoms with Crippen LogP contribution in [0.4, 0.5) is 11.4 Å². The Morgan fingerprint density at radius 3 is 2.79 bits per heavy atom. The maximum absolute atomic E-state index is 12.1. The highest BCUT2D eigenvalue weighted by molar-refractivity contribution is 6.03. The van der Waals surface area contributed by atoms with E-state index >= 15 is 0 Å². The summed E-state index contributed by atoms with van der Waals surface area (Å²) in [5.41, 5.74) is 7.94. The van der Waals surface area contributed by atoms with Crippen molar-refractivity contribution >= 4 is 17.3 Å². The van der Waals surface area contributed by atoms with E-state index in [1.807, 2.05) is 13.0 Å². The molecule has 3 N–H and O–H groups in total. The zero-order valence-corrected chi connectivity index (χ0v) is 10.8. The molecule has 0 spiro atoms. The van der Waals surface area contributed by atoms with Gasteiger partial charge in [0.05, 0.1) is 12.8 Å². The molecular formula is C14H15N3O2. The average molecular weight is 257 g/mol. The van der Waals surface area contributed by atoms with E-state index in [4.69, 9.17) is 10.5 Å². The molecule has 1 aromatic heterocycles. The first-order valence-corrected chi connectivity index (χ1v) is 5.78. The smallest absolute Gasteiger partial charge is 0.274 e. The Labute approximate surface area is 111 Å². The molecule has 2 aromatic rings. The van der Waals surface area contributed by atoms with Crippen molar-refractivity contribution in [2.24, 2.45) is 0 Å². The number of nitrogens with zero attached hydrogens (tertiary/aromatic N) is 1. The molecule has 1 amide bonds. The van der Waals surface area contributed by atoms with Crippen LogP contribution >= 0.6 is 0 Å². The summed E-state index contributed by atoms with van der Waals surface area (Å²) >= 11 is 0. The maximum atomic E-state index is 12.1. The molecule has 1 aromatic carbocycles. The number of nitrogens with two attached hydrogens (primary N) is 1. The van der Waals surface area contributed by atoms with Crippen molar-refractivity contribution < 1.29 is 9.53 Å². The first-order valence-electron chi connectivity index (χ1n) is 5.78. The summed E-state index contributed by atoms with van der Waals surface area (Å²) in [6.07, 6.45) is 0. The molecule has 5 nitrogen and oxygen atoms in total. The van der Waals surface area contributed by atoms with Gasteiger partial charge in [0, 0.05) is 17.4 Å². The third-order valence-electron chi connectivity index (χ3n) is 2.59. The Morgan fingerprint density at radius 1 is 1.32 bits per heavy atom. The highest BCUT2D eigenvalue weighted by atomic mass is 16.5. The van der Waals surface area contributed by atoms with E-state index in [1.165, 1.54) is 7.11 Å². The van der Waals surface area contributed by atoms with Crippen LogP contribution in [-0.2, 0) is 0 Å². The van der Waals surface area contributed by atoms with Crippen molar-refractivity contribution in [1.82, 2.24) is 4.98 Å². The van der Waals surface area contributed by atoms with Crippen LogP contribution in [0.15, 0.2) is 36.4 Å². The predicted octanol–water partition coefficient (Wildman–Crippen LogP) is 2.23. The highest BCUT2D eigenvalue weighted by Gasteiger charge is 2.11. The minimum atomic E-state index is -0.285. The van der Waals surface area contributed by atoms with Crippen molar-refractivity contribution in [3.05, 3.63) is 47.8 Å². The molecule has 0 atom stereocenters. The molecular weight excluding hydrogens is 242 g/mol. The topological polar surface area (TPSA) is 77.2 Å². The number of aromatic nitrogens is 1. The Hall–Kier alpha value is -2.56. The quantitative estimate of drug-likeness (QED) is 0.827. The van der Waals surface area contributed by atoms with Crippen LogP contribution in [0.1, 0.15) is 16.2 Å². The zero-order valence-electron chi connectivity index (χ0n) is 10.8. The number of ether oxygens (including phenoxy) is 1. The Kier molecular flexibility index (Phi) is 3.66. The number of benzene rings is 1. The van der Waals surface area contributed by atoms with Crippen LogP contribution in [-0.4, -0.2) is 18.0 Å². The molecule has 5 heteroatoms. The average Bonchev–Trinajstić information content (AvgIpc) is 2.40. The molecule has 0 unspecified atom stereocenters. The number of anilines is 2. The van der Waals surface area contributed by atoms with Gasteiger partial charge in [0.2, 0.25) is 0 Å². The van der Waals surface area contributed by atoms with E-state index in [0.717, 1.165) is 5.69 Å². The molecule has 0 radical (unpaired) electrons. The fourth-order valence-electron chi connectivity index (χ4n) is 1.67. The number of aryl methyl sites for hydroxylation is 1. The summed E-state index contributed by atoms with van der Waals surface area (Å²) in [6.45, 7) is 1.83. The van der Waals surface area contributed by atoms with E-state index in [1.54, 1.807) is 30.3 Å². The molecule has 0 saturated carbocycles. The number of rotatable bonds is 3. The molecule has 2 rings (SSSR count). The second-order valence-electron chi connectivity index (χ2n) is 4.08. The summed E-state index contributed by atoms with van der Waals surface area (Å²) < 4.78 is 5.17. The summed E-state index contributed by atoms with van der Waals surface area (Å²) in [5, 5.41) is 2.75. The standard InChI is InChI=1S/C14H15N3O2/c1-9-4-3-5-12(16-9)14(18)17-11-7-6-10(15)8-13(11)19-2/h3-8H,15H2,1-2H3,(H,17,18). The lowest BCUT2D eigenvalue weighted by atomic mass is 10.2. The molecule has 0 bridgehead atoms. The van der Waals surface area contributed by atoms with Crippen molar-refractivity contribution in [2.45, 2.75) is 6.92 Å². The molecule has 1 heterocycles. The molecule has 0 saturated heterocycles. The summed E-state index contributed by atoms with van der Waals surface area (Å²) in [6, 6.07) is 10.3. The number of carbonyl (C=O) groups is 1. The molecule has 0 aliphatic carbocycles. The van der Waals surface area contributed by atoms with Crippen LogP contribution in [0.3, 0.4) is 0 Å². The molecule has 98 valence electrons. The second kappa shape index (κ2) is 5.39. The monoisotopic (exact) mass is 257 g/mol. The number of nitrogen functional groups attached to an aromatic ring is 1. The Bertz CT molecular complexity index is 611. The predicted molar refractivity (Wildman–Crippen MR) is 74.3 cm³/mol. The molecule has 0 aliphatic rings. The van der Waals surface area contributed by atoms with E-state index in [-0.39, 0.29) is 5.91 Å². The molecule has 0 aliphatic heterocycles. The van der Waals surface area contributed by atoms with Crippen molar-refractivity contribution in [1.29, 1.82) is 0 Å². The van der Waals surface area contributed by atoms with E-state index in [0.29, 0.717) is 22.8 Å². The van der Waals surface area contributed by atoms with Crippen LogP contribution in [0.25, 0.3) is 0 Å². The van der Waals surface area contributed by atoms with Crippen LogP contribution in [0.2, 0.25) is 0 Å². The first-order chi connectivity index (χ1) is 9.10.